The summed E-state index contributed by atoms with van der Waals surface area (Å²) < 4.78 is 10.4. The molecule has 0 bridgehead atoms. The number of hydrogen-bond acceptors (Lipinski definition) is 6. The van der Waals surface area contributed by atoms with Gasteiger partial charge in [-0.05, 0) is 36.6 Å². The minimum Gasteiger partial charge on any atom is -0.493 e. The van der Waals surface area contributed by atoms with Crippen molar-refractivity contribution in [2.75, 3.05) is 25.8 Å². The zero-order chi connectivity index (χ0) is 18.5. The Morgan fingerprint density at radius 3 is 2.46 bits per heavy atom. The molecule has 0 aliphatic heterocycles. The number of nitrogens with zero attached hydrogens (tertiary/aromatic N) is 1. The lowest BCUT2D eigenvalue weighted by Crippen LogP contribution is -2.11. The number of amides is 1. The van der Waals surface area contributed by atoms with Crippen LogP contribution in [-0.2, 0) is 0 Å². The van der Waals surface area contributed by atoms with E-state index in [9.17, 15) is 4.79 Å². The fourth-order valence-electron chi connectivity index (χ4n) is 2.37. The molecule has 0 aliphatic rings. The molecule has 3 aromatic rings. The van der Waals surface area contributed by atoms with Crippen molar-refractivity contribution < 1.29 is 14.3 Å². The molecule has 1 heterocycles. The largest absolute Gasteiger partial charge is 0.493 e. The number of aromatic nitrogens is 1. The summed E-state index contributed by atoms with van der Waals surface area (Å²) in [5.41, 5.74) is 2.33. The van der Waals surface area contributed by atoms with Crippen molar-refractivity contribution in [3.8, 4) is 22.8 Å². The van der Waals surface area contributed by atoms with Crippen LogP contribution in [0.4, 0.5) is 5.13 Å². The number of anilines is 1. The third kappa shape index (κ3) is 4.00. The van der Waals surface area contributed by atoms with Crippen LogP contribution in [0.2, 0.25) is 0 Å². The lowest BCUT2D eigenvalue weighted by atomic mass is 10.2. The van der Waals surface area contributed by atoms with Gasteiger partial charge in [-0.3, -0.25) is 10.1 Å². The highest BCUT2D eigenvalue weighted by Gasteiger charge is 2.13. The average molecular weight is 386 g/mol. The van der Waals surface area contributed by atoms with Gasteiger partial charge in [0.1, 0.15) is 0 Å². The molecular formula is C19H18N2O3S2. The molecule has 7 heteroatoms. The molecule has 1 aromatic heterocycles. The van der Waals surface area contributed by atoms with Crippen LogP contribution in [0.1, 0.15) is 10.4 Å². The fourth-order valence-corrected chi connectivity index (χ4v) is 3.50. The van der Waals surface area contributed by atoms with Crippen molar-refractivity contribution in [1.29, 1.82) is 0 Å². The summed E-state index contributed by atoms with van der Waals surface area (Å²) in [5, 5.41) is 5.31. The molecule has 26 heavy (non-hydrogen) atoms. The summed E-state index contributed by atoms with van der Waals surface area (Å²) in [6.07, 6.45) is 2.04. The standard InChI is InChI=1S/C19H18N2O3S2/c1-23-16-9-6-13(10-17(16)24-2)18(22)21-19-20-15(11-26-19)12-4-7-14(25-3)8-5-12/h4-11H,1-3H3,(H,20,21,22). The average Bonchev–Trinajstić information content (AvgIpc) is 3.15. The van der Waals surface area contributed by atoms with Crippen LogP contribution in [0, 0.1) is 0 Å². The molecule has 134 valence electrons. The van der Waals surface area contributed by atoms with Crippen molar-refractivity contribution in [3.05, 3.63) is 53.4 Å². The van der Waals surface area contributed by atoms with Crippen LogP contribution >= 0.6 is 23.1 Å². The topological polar surface area (TPSA) is 60.5 Å². The van der Waals surface area contributed by atoms with Gasteiger partial charge in [-0.1, -0.05) is 12.1 Å². The zero-order valence-electron chi connectivity index (χ0n) is 14.6. The van der Waals surface area contributed by atoms with Gasteiger partial charge in [-0.2, -0.15) is 0 Å². The van der Waals surface area contributed by atoms with Gasteiger partial charge in [0.2, 0.25) is 0 Å². The predicted molar refractivity (Wildman–Crippen MR) is 107 cm³/mol. The molecule has 0 saturated carbocycles. The van der Waals surface area contributed by atoms with Crippen molar-refractivity contribution >= 4 is 34.1 Å². The number of thiazole rings is 1. The quantitative estimate of drug-likeness (QED) is 0.617. The smallest absolute Gasteiger partial charge is 0.257 e. The lowest BCUT2D eigenvalue weighted by Gasteiger charge is -2.09. The van der Waals surface area contributed by atoms with E-state index in [2.05, 4.69) is 22.4 Å². The number of thioether (sulfide) groups is 1. The molecule has 0 saturated heterocycles. The maximum absolute atomic E-state index is 12.5. The molecule has 5 nitrogen and oxygen atoms in total. The number of nitrogens with one attached hydrogen (secondary N) is 1. The Morgan fingerprint density at radius 1 is 1.08 bits per heavy atom. The molecule has 1 amide bonds. The van der Waals surface area contributed by atoms with Crippen molar-refractivity contribution in [2.24, 2.45) is 0 Å². The molecule has 3 rings (SSSR count). The molecular weight excluding hydrogens is 368 g/mol. The Bertz CT molecular complexity index is 907. The Morgan fingerprint density at radius 2 is 1.81 bits per heavy atom. The van der Waals surface area contributed by atoms with Gasteiger partial charge in [-0.15, -0.1) is 23.1 Å². The minimum absolute atomic E-state index is 0.246. The molecule has 0 spiro atoms. The van der Waals surface area contributed by atoms with Crippen molar-refractivity contribution in [2.45, 2.75) is 4.90 Å². The second-order valence-corrected chi connectivity index (χ2v) is 7.03. The summed E-state index contributed by atoms with van der Waals surface area (Å²) in [6.45, 7) is 0. The fraction of sp³-hybridized carbons (Fsp3) is 0.158. The lowest BCUT2D eigenvalue weighted by molar-refractivity contribution is 0.102. The predicted octanol–water partition coefficient (Wildman–Crippen LogP) is 4.80. The van der Waals surface area contributed by atoms with Gasteiger partial charge in [0.15, 0.2) is 16.6 Å². The van der Waals surface area contributed by atoms with Gasteiger partial charge in [0.05, 0.1) is 19.9 Å². The number of rotatable bonds is 6. The van der Waals surface area contributed by atoms with E-state index < -0.39 is 0 Å². The summed E-state index contributed by atoms with van der Waals surface area (Å²) in [5.74, 6) is 0.840. The van der Waals surface area contributed by atoms with Crippen molar-refractivity contribution in [3.63, 3.8) is 0 Å². The highest BCUT2D eigenvalue weighted by molar-refractivity contribution is 7.98. The third-order valence-corrected chi connectivity index (χ3v) is 5.26. The molecule has 0 aliphatic carbocycles. The molecule has 0 radical (unpaired) electrons. The number of carbonyl (C=O) groups is 1. The Kier molecular flexibility index (Phi) is 5.80. The van der Waals surface area contributed by atoms with Crippen LogP contribution in [0.3, 0.4) is 0 Å². The van der Waals surface area contributed by atoms with E-state index in [0.717, 1.165) is 11.3 Å². The van der Waals surface area contributed by atoms with Crippen LogP contribution in [-0.4, -0.2) is 31.4 Å². The SMILES string of the molecule is COc1ccc(C(=O)Nc2nc(-c3ccc(SC)cc3)cs2)cc1OC. The second kappa shape index (κ2) is 8.25. The summed E-state index contributed by atoms with van der Waals surface area (Å²) in [7, 11) is 3.09. The van der Waals surface area contributed by atoms with Crippen molar-refractivity contribution in [1.82, 2.24) is 4.98 Å². The van der Waals surface area contributed by atoms with Gasteiger partial charge < -0.3 is 9.47 Å². The number of carbonyl (C=O) groups excluding carboxylic acids is 1. The summed E-state index contributed by atoms with van der Waals surface area (Å²) in [6, 6.07) is 13.2. The van der Waals surface area contributed by atoms with E-state index in [-0.39, 0.29) is 5.91 Å². The van der Waals surface area contributed by atoms with E-state index in [1.807, 2.05) is 23.8 Å². The van der Waals surface area contributed by atoms with E-state index in [1.54, 1.807) is 37.1 Å². The zero-order valence-corrected chi connectivity index (χ0v) is 16.2. The van der Waals surface area contributed by atoms with Gasteiger partial charge in [0, 0.05) is 21.4 Å². The van der Waals surface area contributed by atoms with Gasteiger partial charge in [0.25, 0.3) is 5.91 Å². The van der Waals surface area contributed by atoms with E-state index in [4.69, 9.17) is 9.47 Å². The van der Waals surface area contributed by atoms with E-state index in [1.165, 1.54) is 23.3 Å². The van der Waals surface area contributed by atoms with Crippen LogP contribution in [0.5, 0.6) is 11.5 Å². The maximum atomic E-state index is 12.5. The number of benzene rings is 2. The normalized spacial score (nSPS) is 10.4. The number of ether oxygens (including phenoxy) is 2. The second-order valence-electron chi connectivity index (χ2n) is 5.29. The maximum Gasteiger partial charge on any atom is 0.257 e. The first kappa shape index (κ1) is 18.3. The highest BCUT2D eigenvalue weighted by Crippen LogP contribution is 2.29. The Balaban J connectivity index is 1.75. The number of hydrogen-bond donors (Lipinski definition) is 1. The Labute approximate surface area is 160 Å². The summed E-state index contributed by atoms with van der Waals surface area (Å²) in [4.78, 5) is 18.2. The third-order valence-electron chi connectivity index (χ3n) is 3.76. The first-order valence-electron chi connectivity index (χ1n) is 7.78. The Hall–Kier alpha value is -2.51. The van der Waals surface area contributed by atoms with Gasteiger partial charge in [-0.25, -0.2) is 4.98 Å². The molecule has 0 fully saturated rings. The first-order chi connectivity index (χ1) is 12.6. The van der Waals surface area contributed by atoms with E-state index in [0.29, 0.717) is 22.2 Å². The highest BCUT2D eigenvalue weighted by atomic mass is 32.2. The number of methoxy groups -OCH3 is 2. The first-order valence-corrected chi connectivity index (χ1v) is 9.88. The van der Waals surface area contributed by atoms with E-state index >= 15 is 0 Å². The molecule has 0 atom stereocenters. The van der Waals surface area contributed by atoms with Crippen LogP contribution in [0.25, 0.3) is 11.3 Å². The molecule has 0 unspecified atom stereocenters. The van der Waals surface area contributed by atoms with Crippen LogP contribution in [0.15, 0.2) is 52.7 Å². The monoisotopic (exact) mass is 386 g/mol. The molecule has 1 N–H and O–H groups in total. The molecule has 2 aromatic carbocycles. The van der Waals surface area contributed by atoms with Gasteiger partial charge >= 0.3 is 0 Å². The summed E-state index contributed by atoms with van der Waals surface area (Å²) >= 11 is 3.09. The minimum atomic E-state index is -0.246. The van der Waals surface area contributed by atoms with Crippen LogP contribution < -0.4 is 14.8 Å².